The van der Waals surface area contributed by atoms with Gasteiger partial charge >= 0.3 is 0 Å². The lowest BCUT2D eigenvalue weighted by Gasteiger charge is -2.53. The van der Waals surface area contributed by atoms with Gasteiger partial charge in [0.1, 0.15) is 5.75 Å². The van der Waals surface area contributed by atoms with Crippen molar-refractivity contribution < 1.29 is 20.1 Å². The van der Waals surface area contributed by atoms with E-state index in [9.17, 15) is 20.1 Å². The van der Waals surface area contributed by atoms with Crippen LogP contribution in [-0.4, -0.2) is 56.0 Å². The molecule has 1 aromatic rings. The Labute approximate surface area is 164 Å². The van der Waals surface area contributed by atoms with E-state index in [4.69, 9.17) is 5.73 Å². The molecular formula is C22H28N2O4. The van der Waals surface area contributed by atoms with Crippen LogP contribution in [0.1, 0.15) is 66.4 Å². The fraction of sp³-hybridized carbons (Fsp3) is 0.682. The summed E-state index contributed by atoms with van der Waals surface area (Å²) in [4.78, 5) is 14.4. The number of amides is 1. The summed E-state index contributed by atoms with van der Waals surface area (Å²) in [6.07, 6.45) is 6.43. The van der Waals surface area contributed by atoms with Crippen LogP contribution in [-0.2, 0) is 11.8 Å². The third-order valence-corrected chi connectivity index (χ3v) is 8.84. The van der Waals surface area contributed by atoms with Gasteiger partial charge in [0, 0.05) is 23.1 Å². The minimum absolute atomic E-state index is 0.0674. The van der Waals surface area contributed by atoms with Crippen molar-refractivity contribution in [3.8, 4) is 5.75 Å². The Hall–Kier alpha value is -1.63. The highest BCUT2D eigenvalue weighted by Gasteiger charge is 2.84. The standard InChI is InChI=1S/C22H28N2O4/c23-18(27)15-5-4-13-8-21-11-20(16(13)17(15)26)9-14(25)6-7-22(20,28)19(21)24(21)10-12-2-1-3-12/h4-5,12,14,19,25-26,28H,1-3,6-11H2,(H2,23,27)/t14-,19+,20-,21+,22+,24?/m0/s1. The van der Waals surface area contributed by atoms with Gasteiger partial charge in [-0.2, -0.15) is 0 Å². The van der Waals surface area contributed by atoms with Crippen molar-refractivity contribution >= 4 is 5.91 Å². The number of phenols is 1. The minimum Gasteiger partial charge on any atom is -0.507 e. The molecule has 1 saturated heterocycles. The molecule has 3 saturated carbocycles. The first-order chi connectivity index (χ1) is 13.3. The molecule has 6 nitrogen and oxygen atoms in total. The van der Waals surface area contributed by atoms with E-state index in [1.165, 1.54) is 19.3 Å². The van der Waals surface area contributed by atoms with Crippen LogP contribution in [0.15, 0.2) is 12.1 Å². The van der Waals surface area contributed by atoms with Crippen LogP contribution >= 0.6 is 0 Å². The molecule has 1 aliphatic heterocycles. The highest BCUT2D eigenvalue weighted by atomic mass is 16.3. The second-order valence-electron chi connectivity index (χ2n) is 10.1. The number of likely N-dealkylation sites (tertiary alicyclic amines) is 1. The first-order valence-corrected chi connectivity index (χ1v) is 10.6. The van der Waals surface area contributed by atoms with Gasteiger partial charge in [-0.05, 0) is 62.5 Å². The molecule has 28 heavy (non-hydrogen) atoms. The quantitative estimate of drug-likeness (QED) is 0.586. The third kappa shape index (κ3) is 1.78. The molecule has 1 unspecified atom stereocenters. The Balaban J connectivity index is 1.52. The number of fused-ring (bicyclic) bond motifs is 2. The maximum absolute atomic E-state index is 12.1. The molecule has 1 aromatic carbocycles. The number of primary amides is 1. The van der Waals surface area contributed by atoms with E-state index in [0.717, 1.165) is 30.9 Å². The smallest absolute Gasteiger partial charge is 0.252 e. The molecule has 6 atom stereocenters. The largest absolute Gasteiger partial charge is 0.507 e. The molecule has 6 rings (SSSR count). The van der Waals surface area contributed by atoms with Gasteiger partial charge in [0.25, 0.3) is 5.91 Å². The molecule has 4 fully saturated rings. The van der Waals surface area contributed by atoms with Gasteiger partial charge in [0.2, 0.25) is 0 Å². The number of nitrogens with zero attached hydrogens (tertiary/aromatic N) is 1. The first kappa shape index (κ1) is 17.2. The first-order valence-electron chi connectivity index (χ1n) is 10.6. The zero-order chi connectivity index (χ0) is 19.5. The molecule has 1 amide bonds. The Morgan fingerprint density at radius 1 is 1.29 bits per heavy atom. The molecule has 1 heterocycles. The van der Waals surface area contributed by atoms with Gasteiger partial charge in [-0.1, -0.05) is 12.5 Å². The number of carbonyl (C=O) groups is 1. The molecule has 2 bridgehead atoms. The van der Waals surface area contributed by atoms with Gasteiger partial charge in [0.05, 0.1) is 23.3 Å². The van der Waals surface area contributed by atoms with Crippen LogP contribution < -0.4 is 5.73 Å². The molecule has 6 heteroatoms. The molecule has 2 spiro atoms. The zero-order valence-electron chi connectivity index (χ0n) is 16.0. The summed E-state index contributed by atoms with van der Waals surface area (Å²) in [5.74, 6) is -0.00920. The van der Waals surface area contributed by atoms with E-state index in [2.05, 4.69) is 4.90 Å². The average molecular weight is 384 g/mol. The normalized spacial score (nSPS) is 45.6. The van der Waals surface area contributed by atoms with Crippen molar-refractivity contribution in [3.05, 3.63) is 28.8 Å². The summed E-state index contributed by atoms with van der Waals surface area (Å²) < 4.78 is 0. The van der Waals surface area contributed by atoms with Gasteiger partial charge in [-0.15, -0.1) is 0 Å². The van der Waals surface area contributed by atoms with E-state index in [-0.39, 0.29) is 22.9 Å². The number of hydrogen-bond acceptors (Lipinski definition) is 5. The van der Waals surface area contributed by atoms with Crippen molar-refractivity contribution in [2.75, 3.05) is 6.54 Å². The Bertz CT molecular complexity index is 899. The van der Waals surface area contributed by atoms with E-state index >= 15 is 0 Å². The van der Waals surface area contributed by atoms with Crippen molar-refractivity contribution in [2.45, 2.75) is 80.1 Å². The van der Waals surface area contributed by atoms with Gasteiger partial charge in [-0.3, -0.25) is 9.69 Å². The van der Waals surface area contributed by atoms with E-state index in [1.807, 2.05) is 6.07 Å². The Morgan fingerprint density at radius 2 is 2.07 bits per heavy atom. The molecule has 5 aliphatic rings. The van der Waals surface area contributed by atoms with Crippen molar-refractivity contribution in [1.82, 2.24) is 4.90 Å². The summed E-state index contributed by atoms with van der Waals surface area (Å²) in [6, 6.07) is 3.60. The van der Waals surface area contributed by atoms with Crippen LogP contribution in [0.4, 0.5) is 0 Å². The zero-order valence-corrected chi connectivity index (χ0v) is 16.0. The van der Waals surface area contributed by atoms with Crippen molar-refractivity contribution in [2.24, 2.45) is 11.7 Å². The molecular weight excluding hydrogens is 356 g/mol. The van der Waals surface area contributed by atoms with E-state index in [1.54, 1.807) is 6.07 Å². The molecule has 5 N–H and O–H groups in total. The van der Waals surface area contributed by atoms with Gasteiger partial charge < -0.3 is 21.1 Å². The number of piperidine rings is 1. The number of rotatable bonds is 3. The Morgan fingerprint density at radius 3 is 2.75 bits per heavy atom. The highest BCUT2D eigenvalue weighted by Crippen LogP contribution is 2.74. The summed E-state index contributed by atoms with van der Waals surface area (Å²) in [6.45, 7) is 1.05. The van der Waals surface area contributed by atoms with Crippen LogP contribution in [0.2, 0.25) is 0 Å². The fourth-order valence-corrected chi connectivity index (χ4v) is 7.54. The predicted octanol–water partition coefficient (Wildman–Crippen LogP) is 1.19. The van der Waals surface area contributed by atoms with E-state index < -0.39 is 23.0 Å². The molecule has 0 radical (unpaired) electrons. The number of aliphatic hydroxyl groups excluding tert-OH is 1. The monoisotopic (exact) mass is 384 g/mol. The number of aromatic hydroxyl groups is 1. The minimum atomic E-state index is -0.977. The fourth-order valence-electron chi connectivity index (χ4n) is 7.54. The maximum Gasteiger partial charge on any atom is 0.252 e. The molecule has 150 valence electrons. The van der Waals surface area contributed by atoms with Crippen LogP contribution in [0.3, 0.4) is 0 Å². The van der Waals surface area contributed by atoms with Crippen LogP contribution in [0.5, 0.6) is 5.75 Å². The lowest BCUT2D eigenvalue weighted by atomic mass is 9.56. The Kier molecular flexibility index (Phi) is 3.14. The number of nitrogens with two attached hydrogens (primary N) is 1. The summed E-state index contributed by atoms with van der Waals surface area (Å²) in [5, 5.41) is 33.6. The lowest BCUT2D eigenvalue weighted by Crippen LogP contribution is -2.59. The van der Waals surface area contributed by atoms with Crippen molar-refractivity contribution in [1.29, 1.82) is 0 Å². The average Bonchev–Trinajstić information content (AvgIpc) is 3.13. The molecule has 0 aromatic heterocycles. The summed E-state index contributed by atoms with van der Waals surface area (Å²) >= 11 is 0. The topological polar surface area (TPSA) is 107 Å². The van der Waals surface area contributed by atoms with Crippen LogP contribution in [0.25, 0.3) is 0 Å². The second kappa shape index (κ2) is 5.10. The highest BCUT2D eigenvalue weighted by molar-refractivity contribution is 5.96. The SMILES string of the molecule is NC(=O)c1ccc2c(c1O)[C@@]13C[C@@H](O)CC[C@@]1(O)[C@@H]1N(CC4CCC4)[C@]1(C2)C3. The number of hydrogen-bond donors (Lipinski definition) is 4. The summed E-state index contributed by atoms with van der Waals surface area (Å²) in [5.41, 5.74) is 5.52. The second-order valence-corrected chi connectivity index (χ2v) is 10.1. The van der Waals surface area contributed by atoms with Crippen LogP contribution in [0, 0.1) is 5.92 Å². The van der Waals surface area contributed by atoms with E-state index in [0.29, 0.717) is 24.8 Å². The number of carbonyl (C=O) groups excluding carboxylic acids is 1. The van der Waals surface area contributed by atoms with Crippen molar-refractivity contribution in [3.63, 3.8) is 0 Å². The van der Waals surface area contributed by atoms with Gasteiger partial charge in [-0.25, -0.2) is 0 Å². The lowest BCUT2D eigenvalue weighted by molar-refractivity contribution is -0.105. The number of benzene rings is 1. The predicted molar refractivity (Wildman–Crippen MR) is 102 cm³/mol. The summed E-state index contributed by atoms with van der Waals surface area (Å²) in [7, 11) is 0. The number of aliphatic hydroxyl groups is 2. The van der Waals surface area contributed by atoms with Gasteiger partial charge in [0.15, 0.2) is 0 Å². The molecule has 4 aliphatic carbocycles. The third-order valence-electron chi connectivity index (χ3n) is 8.84. The maximum atomic E-state index is 12.1.